The van der Waals surface area contributed by atoms with Gasteiger partial charge in [0.25, 0.3) is 15.9 Å². The van der Waals surface area contributed by atoms with Crippen molar-refractivity contribution >= 4 is 33.2 Å². The topological polar surface area (TPSA) is 84.5 Å². The van der Waals surface area contributed by atoms with Gasteiger partial charge in [0.15, 0.2) is 0 Å². The molecule has 0 aliphatic heterocycles. The largest absolute Gasteiger partial charge is 0.490 e. The Labute approximate surface area is 187 Å². The average Bonchev–Trinajstić information content (AvgIpc) is 2.74. The van der Waals surface area contributed by atoms with Gasteiger partial charge in [0, 0.05) is 5.56 Å². The van der Waals surface area contributed by atoms with Gasteiger partial charge in [-0.15, -0.1) is 0 Å². The lowest BCUT2D eigenvalue weighted by Crippen LogP contribution is -2.29. The first-order chi connectivity index (χ1) is 14.8. The van der Waals surface area contributed by atoms with Gasteiger partial charge >= 0.3 is 0 Å². The Balaban J connectivity index is 1.65. The molecule has 2 N–H and O–H groups in total. The summed E-state index contributed by atoms with van der Waals surface area (Å²) in [5.41, 5.74) is 2.22. The van der Waals surface area contributed by atoms with Crippen LogP contribution in [0, 0.1) is 13.8 Å². The third-order valence-electron chi connectivity index (χ3n) is 4.64. The number of hydrogen-bond donors (Lipinski definition) is 2. The fraction of sp³-hybridized carbons (Fsp3) is 0.174. The summed E-state index contributed by atoms with van der Waals surface area (Å²) in [4.78, 5) is 12.8. The first-order valence-electron chi connectivity index (χ1n) is 9.62. The average molecular weight is 459 g/mol. The summed E-state index contributed by atoms with van der Waals surface area (Å²) in [5, 5.41) is 3.27. The number of amides is 1. The van der Waals surface area contributed by atoms with E-state index in [1.807, 2.05) is 13.0 Å². The lowest BCUT2D eigenvalue weighted by atomic mass is 10.1. The molecule has 0 aliphatic rings. The molecule has 6 nitrogen and oxygen atoms in total. The van der Waals surface area contributed by atoms with Crippen LogP contribution in [0.1, 0.15) is 21.5 Å². The zero-order valence-corrected chi connectivity index (χ0v) is 18.8. The van der Waals surface area contributed by atoms with Gasteiger partial charge in [-0.1, -0.05) is 47.5 Å². The molecule has 0 bridgehead atoms. The smallest absolute Gasteiger partial charge is 0.261 e. The lowest BCUT2D eigenvalue weighted by molar-refractivity contribution is 0.0946. The molecule has 3 aromatic carbocycles. The Morgan fingerprint density at radius 1 is 0.968 bits per heavy atom. The van der Waals surface area contributed by atoms with Crippen molar-refractivity contribution in [3.8, 4) is 5.75 Å². The second-order valence-electron chi connectivity index (χ2n) is 6.93. The second kappa shape index (κ2) is 9.85. The molecule has 0 spiro atoms. The highest BCUT2D eigenvalue weighted by molar-refractivity contribution is 7.92. The van der Waals surface area contributed by atoms with E-state index in [0.717, 1.165) is 5.56 Å². The maximum absolute atomic E-state index is 12.7. The number of hydrogen-bond acceptors (Lipinski definition) is 4. The van der Waals surface area contributed by atoms with Gasteiger partial charge in [0.1, 0.15) is 12.4 Å². The van der Waals surface area contributed by atoms with Gasteiger partial charge in [-0.25, -0.2) is 8.42 Å². The summed E-state index contributed by atoms with van der Waals surface area (Å²) in [6.07, 6.45) is 0. The fourth-order valence-corrected chi connectivity index (χ4v) is 4.21. The van der Waals surface area contributed by atoms with Gasteiger partial charge in [-0.3, -0.25) is 9.52 Å². The number of para-hydroxylation sites is 1. The molecule has 1 amide bonds. The van der Waals surface area contributed by atoms with E-state index in [4.69, 9.17) is 16.3 Å². The summed E-state index contributed by atoms with van der Waals surface area (Å²) < 4.78 is 33.5. The molecule has 0 saturated heterocycles. The molecule has 162 valence electrons. The number of nitrogens with one attached hydrogen (secondary N) is 2. The Morgan fingerprint density at radius 3 is 2.39 bits per heavy atom. The third-order valence-corrected chi connectivity index (χ3v) is 6.33. The number of sulfonamides is 1. The number of carbonyl (C=O) groups excluding carboxylic acids is 1. The van der Waals surface area contributed by atoms with Gasteiger partial charge in [-0.2, -0.15) is 0 Å². The minimum atomic E-state index is -3.76. The van der Waals surface area contributed by atoms with Crippen LogP contribution in [0.5, 0.6) is 5.75 Å². The Kier molecular flexibility index (Phi) is 7.20. The monoisotopic (exact) mass is 458 g/mol. The molecular formula is C23H23ClN2O4S. The van der Waals surface area contributed by atoms with Crippen LogP contribution >= 0.6 is 11.6 Å². The van der Waals surface area contributed by atoms with E-state index in [0.29, 0.717) is 27.6 Å². The van der Waals surface area contributed by atoms with E-state index in [1.165, 1.54) is 0 Å². The predicted molar refractivity (Wildman–Crippen MR) is 122 cm³/mol. The summed E-state index contributed by atoms with van der Waals surface area (Å²) in [6.45, 7) is 4.09. The molecule has 0 unspecified atom stereocenters. The Bertz CT molecular complexity index is 1180. The fourth-order valence-electron chi connectivity index (χ4n) is 2.90. The van der Waals surface area contributed by atoms with Crippen molar-refractivity contribution in [3.05, 3.63) is 88.4 Å². The van der Waals surface area contributed by atoms with Crippen molar-refractivity contribution < 1.29 is 17.9 Å². The molecule has 8 heteroatoms. The highest BCUT2D eigenvalue weighted by atomic mass is 35.5. The van der Waals surface area contributed by atoms with Crippen molar-refractivity contribution in [3.63, 3.8) is 0 Å². The van der Waals surface area contributed by atoms with E-state index >= 15 is 0 Å². The zero-order chi connectivity index (χ0) is 22.4. The summed E-state index contributed by atoms with van der Waals surface area (Å²) >= 11 is 6.04. The number of carbonyl (C=O) groups is 1. The number of anilines is 1. The number of ether oxygens (including phenoxy) is 1. The maximum Gasteiger partial charge on any atom is 0.261 e. The molecule has 0 aromatic heterocycles. The number of halogens is 1. The molecule has 0 heterocycles. The maximum atomic E-state index is 12.7. The van der Waals surface area contributed by atoms with E-state index in [2.05, 4.69) is 10.0 Å². The van der Waals surface area contributed by atoms with Crippen LogP contribution in [0.2, 0.25) is 5.02 Å². The van der Waals surface area contributed by atoms with Crippen LogP contribution in [0.4, 0.5) is 5.69 Å². The molecule has 0 radical (unpaired) electrons. The van der Waals surface area contributed by atoms with Gasteiger partial charge < -0.3 is 10.1 Å². The number of aryl methyl sites for hydroxylation is 1. The van der Waals surface area contributed by atoms with Crippen molar-refractivity contribution in [2.75, 3.05) is 17.9 Å². The van der Waals surface area contributed by atoms with Gasteiger partial charge in [-0.05, 0) is 55.8 Å². The van der Waals surface area contributed by atoms with Crippen molar-refractivity contribution in [1.29, 1.82) is 0 Å². The van der Waals surface area contributed by atoms with Gasteiger partial charge in [0.05, 0.1) is 22.2 Å². The second-order valence-corrected chi connectivity index (χ2v) is 9.02. The summed E-state index contributed by atoms with van der Waals surface area (Å²) in [7, 11) is -3.76. The molecule has 3 aromatic rings. The van der Waals surface area contributed by atoms with Crippen molar-refractivity contribution in [2.45, 2.75) is 18.7 Å². The van der Waals surface area contributed by atoms with E-state index < -0.39 is 10.0 Å². The lowest BCUT2D eigenvalue weighted by Gasteiger charge is -2.14. The third kappa shape index (κ3) is 5.77. The quantitative estimate of drug-likeness (QED) is 0.484. The Hall–Kier alpha value is -3.03. The predicted octanol–water partition coefficient (Wildman–Crippen LogP) is 4.57. The molecular weight excluding hydrogens is 436 g/mol. The first-order valence-corrected chi connectivity index (χ1v) is 11.5. The standard InChI is InChI=1S/C23H23ClN2O4S/c1-16-10-12-18(13-11-16)31(28,29)26-21-8-5-6-19(17(21)2)23(27)25-14-15-30-22-9-4-3-7-20(22)24/h3-13,26H,14-15H2,1-2H3,(H,25,27). The highest BCUT2D eigenvalue weighted by Crippen LogP contribution is 2.24. The van der Waals surface area contributed by atoms with Crippen LogP contribution < -0.4 is 14.8 Å². The van der Waals surface area contributed by atoms with Crippen LogP contribution in [0.3, 0.4) is 0 Å². The normalized spacial score (nSPS) is 11.1. The van der Waals surface area contributed by atoms with E-state index in [1.54, 1.807) is 67.6 Å². The molecule has 0 aliphatic carbocycles. The number of benzene rings is 3. The first kappa shape index (κ1) is 22.7. The molecule has 0 saturated carbocycles. The molecule has 3 rings (SSSR count). The SMILES string of the molecule is Cc1ccc(S(=O)(=O)Nc2cccc(C(=O)NCCOc3ccccc3Cl)c2C)cc1. The highest BCUT2D eigenvalue weighted by Gasteiger charge is 2.18. The van der Waals surface area contributed by atoms with Crippen LogP contribution in [0.15, 0.2) is 71.6 Å². The minimum Gasteiger partial charge on any atom is -0.490 e. The summed E-state index contributed by atoms with van der Waals surface area (Å²) in [5.74, 6) is 0.221. The van der Waals surface area contributed by atoms with Crippen LogP contribution in [-0.2, 0) is 10.0 Å². The van der Waals surface area contributed by atoms with Gasteiger partial charge in [0.2, 0.25) is 0 Å². The van der Waals surface area contributed by atoms with Crippen LogP contribution in [0.25, 0.3) is 0 Å². The van der Waals surface area contributed by atoms with Crippen molar-refractivity contribution in [2.24, 2.45) is 0 Å². The molecule has 31 heavy (non-hydrogen) atoms. The molecule has 0 atom stereocenters. The molecule has 0 fully saturated rings. The zero-order valence-electron chi connectivity index (χ0n) is 17.2. The summed E-state index contributed by atoms with van der Waals surface area (Å²) in [6, 6.07) is 18.5. The van der Waals surface area contributed by atoms with Crippen molar-refractivity contribution in [1.82, 2.24) is 5.32 Å². The van der Waals surface area contributed by atoms with E-state index in [-0.39, 0.29) is 24.0 Å². The van der Waals surface area contributed by atoms with E-state index in [9.17, 15) is 13.2 Å². The van der Waals surface area contributed by atoms with Crippen LogP contribution in [-0.4, -0.2) is 27.5 Å². The minimum absolute atomic E-state index is 0.157. The Morgan fingerprint density at radius 2 is 1.68 bits per heavy atom. The number of rotatable bonds is 8.